The monoisotopic (exact) mass is 212 g/mol. The highest BCUT2D eigenvalue weighted by atomic mass is 35.5. The van der Waals surface area contributed by atoms with Gasteiger partial charge in [-0.25, -0.2) is 4.39 Å². The summed E-state index contributed by atoms with van der Waals surface area (Å²) in [6.07, 6.45) is 0.558. The summed E-state index contributed by atoms with van der Waals surface area (Å²) in [5, 5.41) is 8.95. The number of hydrogen-bond donors (Lipinski definition) is 1. The lowest BCUT2D eigenvalue weighted by Gasteiger charge is -1.99. The van der Waals surface area contributed by atoms with Crippen molar-refractivity contribution >= 4 is 11.6 Å². The van der Waals surface area contributed by atoms with Crippen LogP contribution in [-0.4, -0.2) is 11.0 Å². The number of hydrogen-bond acceptors (Lipinski definition) is 1. The fourth-order valence-electron chi connectivity index (χ4n) is 1.01. The van der Waals surface area contributed by atoms with E-state index in [2.05, 4.69) is 11.8 Å². The molecule has 0 fully saturated rings. The van der Waals surface area contributed by atoms with Crippen molar-refractivity contribution in [2.24, 2.45) is 0 Å². The molecule has 0 saturated carbocycles. The Morgan fingerprint density at radius 2 is 2.21 bits per heavy atom. The van der Waals surface area contributed by atoms with E-state index in [1.54, 1.807) is 0 Å². The van der Waals surface area contributed by atoms with Crippen molar-refractivity contribution in [2.45, 2.75) is 13.0 Å². The van der Waals surface area contributed by atoms with Gasteiger partial charge >= 0.3 is 0 Å². The van der Waals surface area contributed by atoms with Crippen LogP contribution in [0.2, 0.25) is 0 Å². The Bertz CT molecular complexity index is 365. The Hall–Kier alpha value is -1.04. The number of rotatable bonds is 2. The van der Waals surface area contributed by atoms with Crippen LogP contribution in [0, 0.1) is 17.7 Å². The average Bonchev–Trinajstić information content (AvgIpc) is 2.19. The van der Waals surface area contributed by atoms with Crippen molar-refractivity contribution in [3.05, 3.63) is 35.1 Å². The number of halogens is 2. The van der Waals surface area contributed by atoms with Gasteiger partial charge in [0, 0.05) is 17.9 Å². The SMILES string of the molecule is OCc1ccc(F)cc1C#CCCCl. The van der Waals surface area contributed by atoms with Crippen LogP contribution in [0.3, 0.4) is 0 Å². The van der Waals surface area contributed by atoms with Gasteiger partial charge in [-0.15, -0.1) is 11.6 Å². The molecule has 1 aromatic rings. The summed E-state index contributed by atoms with van der Waals surface area (Å²) in [7, 11) is 0. The molecule has 0 aliphatic heterocycles. The van der Waals surface area contributed by atoms with Crippen molar-refractivity contribution in [3.8, 4) is 11.8 Å². The van der Waals surface area contributed by atoms with Gasteiger partial charge in [0.15, 0.2) is 0 Å². The summed E-state index contributed by atoms with van der Waals surface area (Å²) in [5.74, 6) is 5.67. The Morgan fingerprint density at radius 3 is 2.86 bits per heavy atom. The molecule has 0 bridgehead atoms. The Balaban J connectivity index is 2.94. The van der Waals surface area contributed by atoms with Crippen LogP contribution in [0.1, 0.15) is 17.5 Å². The predicted molar refractivity (Wildman–Crippen MR) is 54.5 cm³/mol. The fraction of sp³-hybridized carbons (Fsp3) is 0.273. The molecule has 0 aliphatic rings. The summed E-state index contributed by atoms with van der Waals surface area (Å²) in [6, 6.07) is 4.14. The van der Waals surface area contributed by atoms with Crippen LogP contribution in [0.25, 0.3) is 0 Å². The lowest BCUT2D eigenvalue weighted by Crippen LogP contribution is -1.90. The van der Waals surface area contributed by atoms with Gasteiger partial charge in [0.25, 0.3) is 0 Å². The minimum atomic E-state index is -0.350. The number of aliphatic hydroxyl groups is 1. The van der Waals surface area contributed by atoms with Crippen molar-refractivity contribution in [2.75, 3.05) is 5.88 Å². The molecule has 3 heteroatoms. The highest BCUT2D eigenvalue weighted by Gasteiger charge is 1.99. The van der Waals surface area contributed by atoms with E-state index in [0.717, 1.165) is 0 Å². The predicted octanol–water partition coefficient (Wildman–Crippen LogP) is 2.30. The first-order valence-electron chi connectivity index (χ1n) is 4.22. The zero-order chi connectivity index (χ0) is 10.4. The van der Waals surface area contributed by atoms with E-state index in [1.807, 2.05) is 0 Å². The van der Waals surface area contributed by atoms with Gasteiger partial charge in [0.2, 0.25) is 0 Å². The molecule has 0 aliphatic carbocycles. The third-order valence-corrected chi connectivity index (χ3v) is 1.87. The van der Waals surface area contributed by atoms with Crippen LogP contribution < -0.4 is 0 Å². The van der Waals surface area contributed by atoms with E-state index < -0.39 is 0 Å². The molecule has 74 valence electrons. The molecule has 0 saturated heterocycles. The second-order valence-corrected chi connectivity index (χ2v) is 3.08. The maximum Gasteiger partial charge on any atom is 0.124 e. The largest absolute Gasteiger partial charge is 0.392 e. The summed E-state index contributed by atoms with van der Waals surface area (Å²) in [5.41, 5.74) is 1.16. The Kier molecular flexibility index (Phi) is 4.45. The third kappa shape index (κ3) is 3.02. The van der Waals surface area contributed by atoms with E-state index in [-0.39, 0.29) is 12.4 Å². The first kappa shape index (κ1) is 11.0. The minimum absolute atomic E-state index is 0.134. The fourth-order valence-corrected chi connectivity index (χ4v) is 1.10. The van der Waals surface area contributed by atoms with Crippen LogP contribution in [0.5, 0.6) is 0 Å². The molecule has 1 aromatic carbocycles. The lowest BCUT2D eigenvalue weighted by atomic mass is 10.1. The summed E-state index contributed by atoms with van der Waals surface area (Å²) >= 11 is 5.45. The van der Waals surface area contributed by atoms with Crippen molar-refractivity contribution < 1.29 is 9.50 Å². The molecule has 1 N–H and O–H groups in total. The van der Waals surface area contributed by atoms with Gasteiger partial charge in [-0.05, 0) is 17.7 Å². The van der Waals surface area contributed by atoms with Crippen LogP contribution in [0.4, 0.5) is 4.39 Å². The molecule has 0 heterocycles. The molecule has 14 heavy (non-hydrogen) atoms. The van der Waals surface area contributed by atoms with Crippen LogP contribution >= 0.6 is 11.6 Å². The molecule has 0 amide bonds. The number of aliphatic hydroxyl groups excluding tert-OH is 1. The van der Waals surface area contributed by atoms with E-state index >= 15 is 0 Å². The summed E-state index contributed by atoms with van der Waals surface area (Å²) in [6.45, 7) is -0.134. The topological polar surface area (TPSA) is 20.2 Å². The van der Waals surface area contributed by atoms with Gasteiger partial charge < -0.3 is 5.11 Å². The molecule has 0 aromatic heterocycles. The van der Waals surface area contributed by atoms with Gasteiger partial charge in [-0.2, -0.15) is 0 Å². The van der Waals surface area contributed by atoms with Crippen LogP contribution in [0.15, 0.2) is 18.2 Å². The molecule has 1 rings (SSSR count). The smallest absolute Gasteiger partial charge is 0.124 e. The first-order valence-corrected chi connectivity index (χ1v) is 4.75. The quantitative estimate of drug-likeness (QED) is 0.589. The zero-order valence-electron chi connectivity index (χ0n) is 7.56. The minimum Gasteiger partial charge on any atom is -0.392 e. The highest BCUT2D eigenvalue weighted by Crippen LogP contribution is 2.10. The average molecular weight is 213 g/mol. The second kappa shape index (κ2) is 5.64. The number of alkyl halides is 1. The molecule has 0 spiro atoms. The molecular formula is C11H10ClFO. The van der Waals surface area contributed by atoms with E-state index in [9.17, 15) is 4.39 Å². The molecular weight excluding hydrogens is 203 g/mol. The molecule has 0 unspecified atom stereocenters. The zero-order valence-corrected chi connectivity index (χ0v) is 8.31. The highest BCUT2D eigenvalue weighted by molar-refractivity contribution is 6.18. The Labute approximate surface area is 87.5 Å². The standard InChI is InChI=1S/C11H10ClFO/c12-6-2-1-3-9-7-11(13)5-4-10(9)8-14/h4-5,7,14H,2,6,8H2. The van der Waals surface area contributed by atoms with E-state index in [4.69, 9.17) is 16.7 Å². The molecule has 1 nitrogen and oxygen atoms in total. The van der Waals surface area contributed by atoms with Crippen molar-refractivity contribution in [1.29, 1.82) is 0 Å². The maximum absolute atomic E-state index is 12.8. The van der Waals surface area contributed by atoms with Gasteiger partial charge in [-0.3, -0.25) is 0 Å². The van der Waals surface area contributed by atoms with Crippen molar-refractivity contribution in [1.82, 2.24) is 0 Å². The summed E-state index contributed by atoms with van der Waals surface area (Å²) in [4.78, 5) is 0. The Morgan fingerprint density at radius 1 is 1.43 bits per heavy atom. The van der Waals surface area contributed by atoms with Gasteiger partial charge in [0.05, 0.1) is 6.61 Å². The van der Waals surface area contributed by atoms with Gasteiger partial charge in [-0.1, -0.05) is 17.9 Å². The maximum atomic E-state index is 12.8. The lowest BCUT2D eigenvalue weighted by molar-refractivity contribution is 0.281. The molecule has 0 atom stereocenters. The van der Waals surface area contributed by atoms with Crippen molar-refractivity contribution in [3.63, 3.8) is 0 Å². The number of benzene rings is 1. The van der Waals surface area contributed by atoms with Crippen LogP contribution in [-0.2, 0) is 6.61 Å². The van der Waals surface area contributed by atoms with Gasteiger partial charge in [0.1, 0.15) is 5.82 Å². The van der Waals surface area contributed by atoms with E-state index in [0.29, 0.717) is 23.4 Å². The summed E-state index contributed by atoms with van der Waals surface area (Å²) < 4.78 is 12.8. The first-order chi connectivity index (χ1) is 6.77. The molecule has 0 radical (unpaired) electrons. The third-order valence-electron chi connectivity index (χ3n) is 1.68. The van der Waals surface area contributed by atoms with E-state index in [1.165, 1.54) is 18.2 Å². The second-order valence-electron chi connectivity index (χ2n) is 2.70. The normalized spacial score (nSPS) is 9.36.